The molecule has 2 heterocycles. The van der Waals surface area contributed by atoms with Gasteiger partial charge in [0.05, 0.1) is 0 Å². The number of aromatic amines is 2. The van der Waals surface area contributed by atoms with Gasteiger partial charge in [-0.15, -0.1) is 0 Å². The lowest BCUT2D eigenvalue weighted by Gasteiger charge is -1.99. The SMILES string of the molecule is C.CC[C@@H]1[C@@H]2Cc3c(C(=O)O)n[nH]c3[C@H]12.CC[C@H]1[C@@H]2Cc3c(C(=O)O)n[nH]c3[C@H]12. The van der Waals surface area contributed by atoms with E-state index >= 15 is 0 Å². The number of aromatic carboxylic acids is 2. The lowest BCUT2D eigenvalue weighted by molar-refractivity contribution is 0.0678. The molecule has 2 saturated carbocycles. The van der Waals surface area contributed by atoms with E-state index in [2.05, 4.69) is 34.2 Å². The molecule has 0 amide bonds. The highest BCUT2D eigenvalue weighted by molar-refractivity contribution is 5.88. The van der Waals surface area contributed by atoms with E-state index < -0.39 is 11.9 Å². The number of carbonyl (C=O) groups is 2. The quantitative estimate of drug-likeness (QED) is 0.621. The van der Waals surface area contributed by atoms with Crippen molar-refractivity contribution in [2.24, 2.45) is 23.7 Å². The number of hydrogen-bond donors (Lipinski definition) is 4. The molecule has 8 nitrogen and oxygen atoms in total. The Morgan fingerprint density at radius 2 is 1.24 bits per heavy atom. The first kappa shape index (κ1) is 19.7. The van der Waals surface area contributed by atoms with Crippen LogP contribution in [0.3, 0.4) is 0 Å². The summed E-state index contributed by atoms with van der Waals surface area (Å²) in [6, 6.07) is 0. The molecular formula is C21H28N4O4. The molecule has 4 aliphatic rings. The Morgan fingerprint density at radius 3 is 1.55 bits per heavy atom. The Kier molecular flexibility index (Phi) is 4.55. The molecule has 156 valence electrons. The first-order valence-electron chi connectivity index (χ1n) is 10.1. The van der Waals surface area contributed by atoms with Crippen LogP contribution in [0.15, 0.2) is 0 Å². The first-order valence-corrected chi connectivity index (χ1v) is 10.1. The van der Waals surface area contributed by atoms with Crippen LogP contribution in [0.1, 0.15) is 89.4 Å². The summed E-state index contributed by atoms with van der Waals surface area (Å²) in [7, 11) is 0. The molecule has 2 aromatic heterocycles. The van der Waals surface area contributed by atoms with Gasteiger partial charge < -0.3 is 10.2 Å². The second kappa shape index (κ2) is 6.71. The van der Waals surface area contributed by atoms with Crippen LogP contribution in [0, 0.1) is 23.7 Å². The van der Waals surface area contributed by atoms with Gasteiger partial charge in [0.1, 0.15) is 0 Å². The van der Waals surface area contributed by atoms with Crippen LogP contribution >= 0.6 is 0 Å². The molecule has 0 bridgehead atoms. The predicted molar refractivity (Wildman–Crippen MR) is 105 cm³/mol. The maximum absolute atomic E-state index is 10.8. The molecule has 2 fully saturated rings. The smallest absolute Gasteiger partial charge is 0.356 e. The molecule has 0 aromatic carbocycles. The van der Waals surface area contributed by atoms with Gasteiger partial charge in [0, 0.05) is 34.4 Å². The van der Waals surface area contributed by atoms with Gasteiger partial charge in [0.15, 0.2) is 11.4 Å². The van der Waals surface area contributed by atoms with Gasteiger partial charge in [-0.1, -0.05) is 34.1 Å². The van der Waals surface area contributed by atoms with Gasteiger partial charge in [-0.05, 0) is 36.5 Å². The second-order valence-electron chi connectivity index (χ2n) is 8.47. The van der Waals surface area contributed by atoms with Crippen molar-refractivity contribution in [1.82, 2.24) is 20.4 Å². The van der Waals surface area contributed by atoms with Gasteiger partial charge in [0.25, 0.3) is 0 Å². The number of aromatic nitrogens is 4. The Bertz CT molecular complexity index is 899. The molecule has 0 saturated heterocycles. The highest BCUT2D eigenvalue weighted by atomic mass is 16.4. The zero-order chi connectivity index (χ0) is 19.7. The van der Waals surface area contributed by atoms with Gasteiger partial charge >= 0.3 is 11.9 Å². The van der Waals surface area contributed by atoms with E-state index in [0.717, 1.165) is 47.2 Å². The molecule has 29 heavy (non-hydrogen) atoms. The standard InChI is InChI=1S/2C10H12N2O2.CH4/c2*1-2-4-5-3-6-8(7(4)5)11-12-9(6)10(13)14;/h2*4-5,7H,2-3H2,1H3,(H,11,12)(H,13,14);1H4/t4-,5+,7-;4-,5-,7+;/m10./s1. The van der Waals surface area contributed by atoms with Crippen LogP contribution in [0.5, 0.6) is 0 Å². The molecule has 6 rings (SSSR count). The van der Waals surface area contributed by atoms with Gasteiger partial charge in [0.2, 0.25) is 0 Å². The summed E-state index contributed by atoms with van der Waals surface area (Å²) in [5.74, 6) is 2.28. The molecule has 2 aromatic rings. The Morgan fingerprint density at radius 1 is 0.862 bits per heavy atom. The van der Waals surface area contributed by atoms with Crippen LogP contribution in [0.2, 0.25) is 0 Å². The number of H-pyrrole nitrogens is 2. The minimum absolute atomic E-state index is 0. The zero-order valence-electron chi connectivity index (χ0n) is 15.9. The minimum atomic E-state index is -0.906. The summed E-state index contributed by atoms with van der Waals surface area (Å²) in [6.45, 7) is 4.38. The lowest BCUT2D eigenvalue weighted by Crippen LogP contribution is -2.02. The summed E-state index contributed by atoms with van der Waals surface area (Å²) in [5.41, 5.74) is 4.58. The van der Waals surface area contributed by atoms with Crippen molar-refractivity contribution in [3.63, 3.8) is 0 Å². The van der Waals surface area contributed by atoms with E-state index in [4.69, 9.17) is 10.2 Å². The van der Waals surface area contributed by atoms with Crippen LogP contribution in [-0.4, -0.2) is 42.5 Å². The summed E-state index contributed by atoms with van der Waals surface area (Å²) < 4.78 is 0. The average molecular weight is 400 g/mol. The van der Waals surface area contributed by atoms with Crippen molar-refractivity contribution in [3.05, 3.63) is 33.9 Å². The molecule has 4 N–H and O–H groups in total. The fourth-order valence-corrected chi connectivity index (χ4v) is 5.96. The highest BCUT2D eigenvalue weighted by Gasteiger charge is 2.57. The van der Waals surface area contributed by atoms with Crippen molar-refractivity contribution >= 4 is 11.9 Å². The molecule has 8 heteroatoms. The third-order valence-corrected chi connectivity index (χ3v) is 7.36. The monoisotopic (exact) mass is 400 g/mol. The van der Waals surface area contributed by atoms with E-state index in [0.29, 0.717) is 23.7 Å². The van der Waals surface area contributed by atoms with Crippen molar-refractivity contribution in [3.8, 4) is 0 Å². The molecule has 0 unspecified atom stereocenters. The topological polar surface area (TPSA) is 132 Å². The van der Waals surface area contributed by atoms with E-state index in [1.54, 1.807) is 0 Å². The number of fused-ring (bicyclic) bond motifs is 6. The van der Waals surface area contributed by atoms with E-state index in [1.165, 1.54) is 12.8 Å². The fraction of sp³-hybridized carbons (Fsp3) is 0.619. The van der Waals surface area contributed by atoms with Crippen LogP contribution in [0.25, 0.3) is 0 Å². The third-order valence-electron chi connectivity index (χ3n) is 7.36. The number of rotatable bonds is 4. The molecule has 0 radical (unpaired) electrons. The second-order valence-corrected chi connectivity index (χ2v) is 8.47. The van der Waals surface area contributed by atoms with Crippen LogP contribution in [-0.2, 0) is 12.8 Å². The predicted octanol–water partition coefficient (Wildman–Crippen LogP) is 3.44. The Labute approximate surface area is 169 Å². The average Bonchev–Trinajstić information content (AvgIpc) is 3.14. The maximum Gasteiger partial charge on any atom is 0.356 e. The van der Waals surface area contributed by atoms with Crippen molar-refractivity contribution in [2.45, 2.75) is 58.8 Å². The van der Waals surface area contributed by atoms with E-state index in [-0.39, 0.29) is 18.8 Å². The van der Waals surface area contributed by atoms with E-state index in [9.17, 15) is 9.59 Å². The highest BCUT2D eigenvalue weighted by Crippen LogP contribution is 2.63. The number of carboxylic acids is 2. The molecule has 0 spiro atoms. The molecule has 6 atom stereocenters. The maximum atomic E-state index is 10.8. The number of nitrogens with zero attached hydrogens (tertiary/aromatic N) is 2. The lowest BCUT2D eigenvalue weighted by atomic mass is 10.1. The van der Waals surface area contributed by atoms with Crippen LogP contribution < -0.4 is 0 Å². The number of nitrogens with one attached hydrogen (secondary N) is 2. The number of carboxylic acid groups (broad SMARTS) is 2. The summed E-state index contributed by atoms with van der Waals surface area (Å²) in [5, 5.41) is 31.3. The fourth-order valence-electron chi connectivity index (χ4n) is 5.96. The number of hydrogen-bond acceptors (Lipinski definition) is 4. The minimum Gasteiger partial charge on any atom is -0.476 e. The van der Waals surface area contributed by atoms with Gasteiger partial charge in [-0.25, -0.2) is 9.59 Å². The van der Waals surface area contributed by atoms with Gasteiger partial charge in [-0.3, -0.25) is 10.2 Å². The Balaban J connectivity index is 0.000000137. The molecule has 4 aliphatic carbocycles. The summed E-state index contributed by atoms with van der Waals surface area (Å²) in [4.78, 5) is 21.6. The summed E-state index contributed by atoms with van der Waals surface area (Å²) in [6.07, 6.45) is 4.21. The molecular weight excluding hydrogens is 372 g/mol. The van der Waals surface area contributed by atoms with Gasteiger partial charge in [-0.2, -0.15) is 10.2 Å². The Hall–Kier alpha value is -2.64. The largest absolute Gasteiger partial charge is 0.476 e. The summed E-state index contributed by atoms with van der Waals surface area (Å²) >= 11 is 0. The van der Waals surface area contributed by atoms with E-state index in [1.807, 2.05) is 0 Å². The van der Waals surface area contributed by atoms with Crippen LogP contribution in [0.4, 0.5) is 0 Å². The van der Waals surface area contributed by atoms with Crippen molar-refractivity contribution in [2.75, 3.05) is 0 Å². The first-order chi connectivity index (χ1) is 13.5. The third kappa shape index (κ3) is 2.72. The molecule has 0 aliphatic heterocycles. The normalized spacial score (nSPS) is 31.4. The van der Waals surface area contributed by atoms with Crippen molar-refractivity contribution in [1.29, 1.82) is 0 Å². The zero-order valence-corrected chi connectivity index (χ0v) is 15.9. The van der Waals surface area contributed by atoms with Crippen molar-refractivity contribution < 1.29 is 19.8 Å².